The molecule has 3 heterocycles. The molecule has 0 N–H and O–H groups in total. The Balaban J connectivity index is 1.78. The largest absolute Gasteiger partial charge is 0.302 e. The van der Waals surface area contributed by atoms with Gasteiger partial charge in [-0.2, -0.15) is 17.0 Å². The summed E-state index contributed by atoms with van der Waals surface area (Å²) in [6.07, 6.45) is 4.68. The van der Waals surface area contributed by atoms with E-state index in [1.54, 1.807) is 4.31 Å². The number of piperidine rings is 1. The van der Waals surface area contributed by atoms with Crippen LogP contribution >= 0.6 is 0 Å². The number of fused-ring (bicyclic) bond motifs is 1. The Labute approximate surface area is 151 Å². The lowest BCUT2D eigenvalue weighted by molar-refractivity contribution is 0.280. The number of hydrogen-bond donors (Lipinski definition) is 0. The van der Waals surface area contributed by atoms with Crippen LogP contribution in [0.2, 0.25) is 0 Å². The zero-order valence-electron chi connectivity index (χ0n) is 15.5. The van der Waals surface area contributed by atoms with Gasteiger partial charge in [0.05, 0.1) is 0 Å². The van der Waals surface area contributed by atoms with E-state index in [2.05, 4.69) is 16.9 Å². The molecule has 1 aromatic rings. The van der Waals surface area contributed by atoms with Gasteiger partial charge in [0.25, 0.3) is 10.2 Å². The molecule has 0 amide bonds. The molecule has 1 saturated heterocycles. The first-order valence-corrected chi connectivity index (χ1v) is 10.6. The van der Waals surface area contributed by atoms with Gasteiger partial charge in [-0.3, -0.25) is 0 Å². The molecule has 2 aliphatic heterocycles. The predicted molar refractivity (Wildman–Crippen MR) is 97.5 cm³/mol. The van der Waals surface area contributed by atoms with Crippen molar-refractivity contribution in [1.29, 1.82) is 0 Å². The van der Waals surface area contributed by atoms with Crippen LogP contribution in [0.15, 0.2) is 6.20 Å². The lowest BCUT2D eigenvalue weighted by Crippen LogP contribution is -2.47. The SMILES string of the molecule is CCN(CC)S(=O)(=O)N1CCCC(c2ncc3c(n2)CCN(C)C3)C1. The van der Waals surface area contributed by atoms with Crippen molar-refractivity contribution in [3.8, 4) is 0 Å². The molecule has 1 aromatic heterocycles. The van der Waals surface area contributed by atoms with Crippen molar-refractivity contribution in [2.45, 2.75) is 45.6 Å². The van der Waals surface area contributed by atoms with Crippen LogP contribution in [0, 0.1) is 0 Å². The van der Waals surface area contributed by atoms with E-state index in [-0.39, 0.29) is 5.92 Å². The Morgan fingerprint density at radius 3 is 2.76 bits per heavy atom. The molecule has 0 saturated carbocycles. The van der Waals surface area contributed by atoms with E-state index >= 15 is 0 Å². The fourth-order valence-corrected chi connectivity index (χ4v) is 5.45. The lowest BCUT2D eigenvalue weighted by atomic mass is 9.98. The molecule has 0 aliphatic carbocycles. The van der Waals surface area contributed by atoms with Gasteiger partial charge in [-0.25, -0.2) is 9.97 Å². The maximum Gasteiger partial charge on any atom is 0.281 e. The summed E-state index contributed by atoms with van der Waals surface area (Å²) < 4.78 is 28.7. The van der Waals surface area contributed by atoms with Gasteiger partial charge in [0, 0.05) is 69.1 Å². The minimum absolute atomic E-state index is 0.0871. The summed E-state index contributed by atoms with van der Waals surface area (Å²) in [6, 6.07) is 0. The van der Waals surface area contributed by atoms with Gasteiger partial charge in [0.1, 0.15) is 5.82 Å². The van der Waals surface area contributed by atoms with Crippen molar-refractivity contribution in [2.24, 2.45) is 0 Å². The maximum absolute atomic E-state index is 12.8. The van der Waals surface area contributed by atoms with Crippen molar-refractivity contribution < 1.29 is 8.42 Å². The van der Waals surface area contributed by atoms with E-state index in [9.17, 15) is 8.42 Å². The zero-order chi connectivity index (χ0) is 18.0. The molecule has 7 nitrogen and oxygen atoms in total. The predicted octanol–water partition coefficient (Wildman–Crippen LogP) is 1.23. The van der Waals surface area contributed by atoms with Crippen molar-refractivity contribution in [3.05, 3.63) is 23.3 Å². The van der Waals surface area contributed by atoms with Crippen LogP contribution in [0.25, 0.3) is 0 Å². The monoisotopic (exact) mass is 367 g/mol. The summed E-state index contributed by atoms with van der Waals surface area (Å²) in [7, 11) is -1.28. The van der Waals surface area contributed by atoms with E-state index in [0.717, 1.165) is 43.9 Å². The van der Waals surface area contributed by atoms with E-state index in [1.165, 1.54) is 9.87 Å². The second-order valence-corrected chi connectivity index (χ2v) is 8.91. The highest BCUT2D eigenvalue weighted by atomic mass is 32.2. The van der Waals surface area contributed by atoms with Crippen molar-refractivity contribution in [2.75, 3.05) is 39.8 Å². The van der Waals surface area contributed by atoms with Gasteiger partial charge in [0.2, 0.25) is 0 Å². The van der Waals surface area contributed by atoms with Gasteiger partial charge < -0.3 is 4.90 Å². The minimum Gasteiger partial charge on any atom is -0.302 e. The fourth-order valence-electron chi connectivity index (χ4n) is 3.75. The number of likely N-dealkylation sites (N-methyl/N-ethyl adjacent to an activating group) is 1. The Bertz CT molecular complexity index is 705. The van der Waals surface area contributed by atoms with Crippen LogP contribution < -0.4 is 0 Å². The summed E-state index contributed by atoms with van der Waals surface area (Å²) in [5.74, 6) is 0.895. The molecule has 25 heavy (non-hydrogen) atoms. The van der Waals surface area contributed by atoms with Gasteiger partial charge in [-0.05, 0) is 19.9 Å². The molecule has 3 rings (SSSR count). The van der Waals surface area contributed by atoms with Crippen molar-refractivity contribution in [3.63, 3.8) is 0 Å². The molecule has 0 radical (unpaired) electrons. The third-order valence-corrected chi connectivity index (χ3v) is 7.40. The standard InChI is InChI=1S/C17H29N5O2S/c1-4-21(5-2)25(23,24)22-9-6-7-14(13-22)17-18-11-15-12-20(3)10-8-16(15)19-17/h11,14H,4-10,12-13H2,1-3H3. The molecule has 1 unspecified atom stereocenters. The average molecular weight is 368 g/mol. The Hall–Kier alpha value is -1.09. The van der Waals surface area contributed by atoms with Crippen LogP contribution in [0.3, 0.4) is 0 Å². The van der Waals surface area contributed by atoms with Gasteiger partial charge >= 0.3 is 0 Å². The number of nitrogens with zero attached hydrogens (tertiary/aromatic N) is 5. The smallest absolute Gasteiger partial charge is 0.281 e. The van der Waals surface area contributed by atoms with Crippen LogP contribution in [-0.4, -0.2) is 71.7 Å². The van der Waals surface area contributed by atoms with E-state index in [1.807, 2.05) is 20.0 Å². The highest BCUT2D eigenvalue weighted by molar-refractivity contribution is 7.86. The number of hydrogen-bond acceptors (Lipinski definition) is 5. The summed E-state index contributed by atoms with van der Waals surface area (Å²) in [6.45, 7) is 7.74. The van der Waals surface area contributed by atoms with E-state index in [0.29, 0.717) is 26.2 Å². The molecule has 1 fully saturated rings. The highest BCUT2D eigenvalue weighted by Gasteiger charge is 2.34. The van der Waals surface area contributed by atoms with Gasteiger partial charge in [-0.15, -0.1) is 0 Å². The first-order valence-electron chi connectivity index (χ1n) is 9.24. The second-order valence-electron chi connectivity index (χ2n) is 6.98. The molecule has 0 bridgehead atoms. The van der Waals surface area contributed by atoms with Crippen LogP contribution in [0.4, 0.5) is 0 Å². The molecule has 0 aromatic carbocycles. The first-order chi connectivity index (χ1) is 12.0. The molecule has 2 aliphatic rings. The topological polar surface area (TPSA) is 69.6 Å². The van der Waals surface area contributed by atoms with Gasteiger partial charge in [-0.1, -0.05) is 13.8 Å². The quantitative estimate of drug-likeness (QED) is 0.783. The summed E-state index contributed by atoms with van der Waals surface area (Å²) >= 11 is 0. The first kappa shape index (κ1) is 18.7. The number of rotatable bonds is 5. The normalized spacial score (nSPS) is 23.0. The third-order valence-electron chi connectivity index (χ3n) is 5.25. The maximum atomic E-state index is 12.8. The summed E-state index contributed by atoms with van der Waals surface area (Å²) in [5.41, 5.74) is 2.33. The van der Waals surface area contributed by atoms with E-state index in [4.69, 9.17) is 4.98 Å². The molecule has 1 atom stereocenters. The Morgan fingerprint density at radius 1 is 1.28 bits per heavy atom. The molecule has 8 heteroatoms. The molecule has 0 spiro atoms. The second kappa shape index (κ2) is 7.65. The molecular formula is C17H29N5O2S. The van der Waals surface area contributed by atoms with Crippen molar-refractivity contribution >= 4 is 10.2 Å². The average Bonchev–Trinajstić information content (AvgIpc) is 2.62. The van der Waals surface area contributed by atoms with Crippen LogP contribution in [0.1, 0.15) is 49.7 Å². The zero-order valence-corrected chi connectivity index (χ0v) is 16.3. The highest BCUT2D eigenvalue weighted by Crippen LogP contribution is 2.28. The molecular weight excluding hydrogens is 338 g/mol. The van der Waals surface area contributed by atoms with Gasteiger partial charge in [0.15, 0.2) is 0 Å². The van der Waals surface area contributed by atoms with Crippen molar-refractivity contribution in [1.82, 2.24) is 23.5 Å². The third kappa shape index (κ3) is 3.86. The summed E-state index contributed by atoms with van der Waals surface area (Å²) in [5, 5.41) is 0. The lowest BCUT2D eigenvalue weighted by Gasteiger charge is -2.34. The van der Waals surface area contributed by atoms with Crippen LogP contribution in [0.5, 0.6) is 0 Å². The molecule has 140 valence electrons. The number of aromatic nitrogens is 2. The Kier molecular flexibility index (Phi) is 5.72. The van der Waals surface area contributed by atoms with Crippen LogP contribution in [-0.2, 0) is 23.2 Å². The minimum atomic E-state index is -3.39. The summed E-state index contributed by atoms with van der Waals surface area (Å²) in [4.78, 5) is 11.6. The Morgan fingerprint density at radius 2 is 2.04 bits per heavy atom. The van der Waals surface area contributed by atoms with E-state index < -0.39 is 10.2 Å². The fraction of sp³-hybridized carbons (Fsp3) is 0.765.